The van der Waals surface area contributed by atoms with Crippen LogP contribution in [0.3, 0.4) is 0 Å². The Bertz CT molecular complexity index is 316. The number of hydrogen-bond acceptors (Lipinski definition) is 2. The van der Waals surface area contributed by atoms with Crippen LogP contribution in [0.25, 0.3) is 0 Å². The summed E-state index contributed by atoms with van der Waals surface area (Å²) in [6.45, 7) is 6.64. The molecular weight excluding hydrogens is 176 g/mol. The molecule has 0 aliphatic carbocycles. The molecule has 14 heavy (non-hydrogen) atoms. The Balaban J connectivity index is 1.91. The van der Waals surface area contributed by atoms with Crippen molar-refractivity contribution in [2.75, 3.05) is 19.8 Å². The summed E-state index contributed by atoms with van der Waals surface area (Å²) in [7, 11) is 0. The molecule has 1 saturated heterocycles. The van der Waals surface area contributed by atoms with Crippen LogP contribution in [-0.2, 0) is 4.74 Å². The first-order valence-corrected chi connectivity index (χ1v) is 4.95. The molecule has 0 aromatic heterocycles. The molecule has 1 aliphatic rings. The monoisotopic (exact) mass is 192 g/mol. The minimum Gasteiger partial charge on any atom is -0.493 e. The van der Waals surface area contributed by atoms with Gasteiger partial charge in [0, 0.05) is 5.41 Å². The van der Waals surface area contributed by atoms with Crippen LogP contribution in [0.5, 0.6) is 5.75 Å². The molecule has 2 rings (SSSR count). The molecule has 1 aliphatic heterocycles. The van der Waals surface area contributed by atoms with Gasteiger partial charge in [0.25, 0.3) is 0 Å². The topological polar surface area (TPSA) is 18.5 Å². The Morgan fingerprint density at radius 2 is 2.21 bits per heavy atom. The summed E-state index contributed by atoms with van der Waals surface area (Å²) >= 11 is 0. The zero-order valence-electron chi connectivity index (χ0n) is 8.75. The minimum absolute atomic E-state index is 0.226. The SMILES string of the molecule is Cc1cccc(OCC2(C)COC2)c1. The van der Waals surface area contributed by atoms with Gasteiger partial charge in [0.2, 0.25) is 0 Å². The van der Waals surface area contributed by atoms with E-state index in [-0.39, 0.29) is 5.41 Å². The highest BCUT2D eigenvalue weighted by Crippen LogP contribution is 2.27. The van der Waals surface area contributed by atoms with E-state index in [0.717, 1.165) is 25.6 Å². The average Bonchev–Trinajstić information content (AvgIpc) is 2.12. The Labute approximate surface area is 84.8 Å². The molecule has 1 aromatic rings. The van der Waals surface area contributed by atoms with E-state index in [1.54, 1.807) is 0 Å². The molecule has 2 nitrogen and oxygen atoms in total. The fourth-order valence-electron chi connectivity index (χ4n) is 1.50. The van der Waals surface area contributed by atoms with Crippen molar-refractivity contribution in [3.8, 4) is 5.75 Å². The van der Waals surface area contributed by atoms with Gasteiger partial charge in [0.05, 0.1) is 19.8 Å². The molecule has 0 N–H and O–H groups in total. The summed E-state index contributed by atoms with van der Waals surface area (Å²) in [6.07, 6.45) is 0. The van der Waals surface area contributed by atoms with Crippen molar-refractivity contribution in [1.82, 2.24) is 0 Å². The lowest BCUT2D eigenvalue weighted by Crippen LogP contribution is -2.44. The van der Waals surface area contributed by atoms with E-state index in [1.165, 1.54) is 5.56 Å². The van der Waals surface area contributed by atoms with Gasteiger partial charge in [-0.3, -0.25) is 0 Å². The Morgan fingerprint density at radius 1 is 1.43 bits per heavy atom. The van der Waals surface area contributed by atoms with Crippen LogP contribution in [0, 0.1) is 12.3 Å². The summed E-state index contributed by atoms with van der Waals surface area (Å²) in [5.74, 6) is 0.957. The van der Waals surface area contributed by atoms with Crippen LogP contribution >= 0.6 is 0 Å². The fraction of sp³-hybridized carbons (Fsp3) is 0.500. The molecule has 2 heteroatoms. The molecule has 0 atom stereocenters. The Hall–Kier alpha value is -1.02. The van der Waals surface area contributed by atoms with E-state index in [0.29, 0.717) is 0 Å². The first-order chi connectivity index (χ1) is 6.68. The van der Waals surface area contributed by atoms with Crippen LogP contribution in [0.4, 0.5) is 0 Å². The maximum Gasteiger partial charge on any atom is 0.119 e. The van der Waals surface area contributed by atoms with Crippen LogP contribution in [0.1, 0.15) is 12.5 Å². The van der Waals surface area contributed by atoms with E-state index in [9.17, 15) is 0 Å². The lowest BCUT2D eigenvalue weighted by molar-refractivity contribution is -0.120. The zero-order valence-corrected chi connectivity index (χ0v) is 8.75. The second kappa shape index (κ2) is 3.62. The molecule has 0 radical (unpaired) electrons. The van der Waals surface area contributed by atoms with Crippen molar-refractivity contribution in [2.45, 2.75) is 13.8 Å². The highest BCUT2D eigenvalue weighted by Gasteiger charge is 2.34. The highest BCUT2D eigenvalue weighted by atomic mass is 16.5. The average molecular weight is 192 g/mol. The van der Waals surface area contributed by atoms with Crippen molar-refractivity contribution in [3.05, 3.63) is 29.8 Å². The Kier molecular flexibility index (Phi) is 2.46. The minimum atomic E-state index is 0.226. The van der Waals surface area contributed by atoms with Crippen LogP contribution < -0.4 is 4.74 Å². The molecular formula is C12H16O2. The second-order valence-electron chi connectivity index (χ2n) is 4.41. The van der Waals surface area contributed by atoms with Gasteiger partial charge in [-0.2, -0.15) is 0 Å². The predicted octanol–water partition coefficient (Wildman–Crippen LogP) is 2.41. The van der Waals surface area contributed by atoms with E-state index < -0.39 is 0 Å². The molecule has 1 aromatic carbocycles. The van der Waals surface area contributed by atoms with Gasteiger partial charge >= 0.3 is 0 Å². The van der Waals surface area contributed by atoms with Crippen molar-refractivity contribution in [1.29, 1.82) is 0 Å². The van der Waals surface area contributed by atoms with E-state index in [1.807, 2.05) is 12.1 Å². The van der Waals surface area contributed by atoms with E-state index >= 15 is 0 Å². The summed E-state index contributed by atoms with van der Waals surface area (Å²) in [5, 5.41) is 0. The third-order valence-electron chi connectivity index (χ3n) is 2.48. The number of rotatable bonds is 3. The van der Waals surface area contributed by atoms with Gasteiger partial charge in [0.1, 0.15) is 5.75 Å². The first-order valence-electron chi connectivity index (χ1n) is 4.95. The van der Waals surface area contributed by atoms with Gasteiger partial charge in [-0.25, -0.2) is 0 Å². The van der Waals surface area contributed by atoms with Crippen molar-refractivity contribution < 1.29 is 9.47 Å². The van der Waals surface area contributed by atoms with Gasteiger partial charge in [-0.1, -0.05) is 19.1 Å². The predicted molar refractivity (Wildman–Crippen MR) is 55.6 cm³/mol. The van der Waals surface area contributed by atoms with Crippen molar-refractivity contribution in [3.63, 3.8) is 0 Å². The second-order valence-corrected chi connectivity index (χ2v) is 4.41. The largest absolute Gasteiger partial charge is 0.493 e. The number of aryl methyl sites for hydroxylation is 1. The van der Waals surface area contributed by atoms with Gasteiger partial charge in [-0.05, 0) is 24.6 Å². The summed E-state index contributed by atoms with van der Waals surface area (Å²) in [6, 6.07) is 8.14. The quantitative estimate of drug-likeness (QED) is 0.732. The van der Waals surface area contributed by atoms with E-state index in [4.69, 9.17) is 9.47 Å². The molecule has 0 amide bonds. The zero-order chi connectivity index (χ0) is 10.0. The Morgan fingerprint density at radius 3 is 2.79 bits per heavy atom. The van der Waals surface area contributed by atoms with Crippen molar-refractivity contribution in [2.24, 2.45) is 5.41 Å². The van der Waals surface area contributed by atoms with Crippen molar-refractivity contribution >= 4 is 0 Å². The molecule has 0 saturated carbocycles. The molecule has 1 heterocycles. The number of benzene rings is 1. The smallest absolute Gasteiger partial charge is 0.119 e. The summed E-state index contributed by atoms with van der Waals surface area (Å²) in [5.41, 5.74) is 1.46. The summed E-state index contributed by atoms with van der Waals surface area (Å²) in [4.78, 5) is 0. The number of ether oxygens (including phenoxy) is 2. The standard InChI is InChI=1S/C12H16O2/c1-10-4-3-5-11(6-10)14-9-12(2)7-13-8-12/h3-6H,7-9H2,1-2H3. The lowest BCUT2D eigenvalue weighted by atomic mass is 9.90. The number of hydrogen-bond donors (Lipinski definition) is 0. The summed E-state index contributed by atoms with van der Waals surface area (Å²) < 4.78 is 10.9. The van der Waals surface area contributed by atoms with E-state index in [2.05, 4.69) is 26.0 Å². The molecule has 0 unspecified atom stereocenters. The normalized spacial score (nSPS) is 18.7. The third kappa shape index (κ3) is 2.07. The maximum absolute atomic E-state index is 5.71. The van der Waals surface area contributed by atoms with Gasteiger partial charge in [-0.15, -0.1) is 0 Å². The van der Waals surface area contributed by atoms with Crippen LogP contribution in [0.15, 0.2) is 24.3 Å². The lowest BCUT2D eigenvalue weighted by Gasteiger charge is -2.37. The molecule has 0 bridgehead atoms. The third-order valence-corrected chi connectivity index (χ3v) is 2.48. The molecule has 0 spiro atoms. The first kappa shape index (κ1) is 9.53. The maximum atomic E-state index is 5.71. The fourth-order valence-corrected chi connectivity index (χ4v) is 1.50. The molecule has 76 valence electrons. The molecule has 1 fully saturated rings. The van der Waals surface area contributed by atoms with Gasteiger partial charge < -0.3 is 9.47 Å². The highest BCUT2D eigenvalue weighted by molar-refractivity contribution is 5.27. The van der Waals surface area contributed by atoms with Gasteiger partial charge in [0.15, 0.2) is 0 Å². The van der Waals surface area contributed by atoms with Crippen LogP contribution in [-0.4, -0.2) is 19.8 Å². The van der Waals surface area contributed by atoms with Crippen LogP contribution in [0.2, 0.25) is 0 Å².